The Kier molecular flexibility index (Phi) is 3.43. The molecule has 4 rings (SSSR count). The number of fused-ring (bicyclic) bond motifs is 1. The van der Waals surface area contributed by atoms with Gasteiger partial charge in [-0.15, -0.1) is 10.2 Å². The molecule has 1 saturated carbocycles. The van der Waals surface area contributed by atoms with Crippen molar-refractivity contribution in [2.75, 3.05) is 13.1 Å². The highest BCUT2D eigenvalue weighted by molar-refractivity contribution is 5.20. The maximum atomic E-state index is 13.7. The summed E-state index contributed by atoms with van der Waals surface area (Å²) in [6.45, 7) is 2.74. The molecule has 0 saturated heterocycles. The van der Waals surface area contributed by atoms with Crippen LogP contribution in [0.25, 0.3) is 0 Å². The number of halogens is 1. The lowest BCUT2D eigenvalue weighted by Gasteiger charge is -2.29. The van der Waals surface area contributed by atoms with E-state index in [-0.39, 0.29) is 5.82 Å². The fourth-order valence-electron chi connectivity index (χ4n) is 3.12. The van der Waals surface area contributed by atoms with Gasteiger partial charge in [-0.05, 0) is 18.9 Å². The van der Waals surface area contributed by atoms with Crippen LogP contribution in [0, 0.1) is 5.82 Å². The van der Waals surface area contributed by atoms with Crippen molar-refractivity contribution in [2.24, 2.45) is 0 Å². The van der Waals surface area contributed by atoms with Crippen LogP contribution in [-0.2, 0) is 13.1 Å². The SMILES string of the molecule is O[C@@H](CN1CCn2c(nnc2C2CC2)C1)c1ccccc1F. The van der Waals surface area contributed by atoms with Gasteiger partial charge < -0.3 is 9.67 Å². The summed E-state index contributed by atoms with van der Waals surface area (Å²) in [6.07, 6.45) is 1.61. The van der Waals surface area contributed by atoms with E-state index in [0.29, 0.717) is 24.6 Å². The number of aliphatic hydroxyl groups is 1. The summed E-state index contributed by atoms with van der Waals surface area (Å²) in [7, 11) is 0. The van der Waals surface area contributed by atoms with Gasteiger partial charge in [-0.25, -0.2) is 4.39 Å². The van der Waals surface area contributed by atoms with E-state index in [1.54, 1.807) is 18.2 Å². The lowest BCUT2D eigenvalue weighted by Crippen LogP contribution is -2.37. The fraction of sp³-hybridized carbons (Fsp3) is 0.500. The predicted octanol–water partition coefficient (Wildman–Crippen LogP) is 1.84. The Morgan fingerprint density at radius 2 is 2.05 bits per heavy atom. The van der Waals surface area contributed by atoms with Crippen molar-refractivity contribution < 1.29 is 9.50 Å². The molecule has 2 heterocycles. The van der Waals surface area contributed by atoms with E-state index in [2.05, 4.69) is 19.7 Å². The molecule has 0 bridgehead atoms. The monoisotopic (exact) mass is 302 g/mol. The van der Waals surface area contributed by atoms with Gasteiger partial charge in [0.05, 0.1) is 12.6 Å². The zero-order valence-corrected chi connectivity index (χ0v) is 12.3. The molecule has 5 nitrogen and oxygen atoms in total. The molecular formula is C16H19FN4O. The molecule has 6 heteroatoms. The Balaban J connectivity index is 1.45. The Bertz CT molecular complexity index is 683. The van der Waals surface area contributed by atoms with Gasteiger partial charge in [0.2, 0.25) is 0 Å². The minimum absolute atomic E-state index is 0.355. The highest BCUT2D eigenvalue weighted by Gasteiger charge is 2.32. The number of β-amino-alcohol motifs (C(OH)–C–C–N with tert-alkyl or cyclic N) is 1. The van der Waals surface area contributed by atoms with E-state index in [4.69, 9.17) is 0 Å². The second-order valence-corrected chi connectivity index (χ2v) is 6.17. The zero-order chi connectivity index (χ0) is 15.1. The van der Waals surface area contributed by atoms with Gasteiger partial charge in [-0.2, -0.15) is 0 Å². The van der Waals surface area contributed by atoms with Gasteiger partial charge >= 0.3 is 0 Å². The highest BCUT2D eigenvalue weighted by atomic mass is 19.1. The molecule has 1 fully saturated rings. The van der Waals surface area contributed by atoms with Gasteiger partial charge in [0.1, 0.15) is 17.5 Å². The first-order chi connectivity index (χ1) is 10.7. The lowest BCUT2D eigenvalue weighted by atomic mass is 10.1. The summed E-state index contributed by atoms with van der Waals surface area (Å²) in [5.74, 6) is 2.31. The molecule has 22 heavy (non-hydrogen) atoms. The number of hydrogen-bond donors (Lipinski definition) is 1. The Labute approximate surface area is 128 Å². The van der Waals surface area contributed by atoms with Crippen molar-refractivity contribution in [2.45, 2.75) is 38.0 Å². The van der Waals surface area contributed by atoms with Crippen LogP contribution in [0.5, 0.6) is 0 Å². The topological polar surface area (TPSA) is 54.2 Å². The molecular weight excluding hydrogens is 283 g/mol. The third kappa shape index (κ3) is 2.53. The quantitative estimate of drug-likeness (QED) is 0.936. The second-order valence-electron chi connectivity index (χ2n) is 6.17. The zero-order valence-electron chi connectivity index (χ0n) is 12.3. The summed E-state index contributed by atoms with van der Waals surface area (Å²) < 4.78 is 15.9. The normalized spacial score (nSPS) is 19.9. The van der Waals surface area contributed by atoms with Crippen LogP contribution >= 0.6 is 0 Å². The summed E-state index contributed by atoms with van der Waals surface area (Å²) in [5.41, 5.74) is 0.355. The van der Waals surface area contributed by atoms with Gasteiger partial charge in [0.25, 0.3) is 0 Å². The average molecular weight is 302 g/mol. The van der Waals surface area contributed by atoms with E-state index >= 15 is 0 Å². The van der Waals surface area contributed by atoms with Crippen LogP contribution in [0.3, 0.4) is 0 Å². The molecule has 1 N–H and O–H groups in total. The van der Waals surface area contributed by atoms with Gasteiger partial charge in [-0.1, -0.05) is 18.2 Å². The average Bonchev–Trinajstić information content (AvgIpc) is 3.27. The fourth-order valence-corrected chi connectivity index (χ4v) is 3.12. The molecule has 2 aliphatic rings. The Morgan fingerprint density at radius 1 is 1.23 bits per heavy atom. The largest absolute Gasteiger partial charge is 0.387 e. The molecule has 0 radical (unpaired) electrons. The summed E-state index contributed by atoms with van der Waals surface area (Å²) in [5, 5.41) is 18.9. The standard InChI is InChI=1S/C16H19FN4O/c17-13-4-2-1-3-12(13)14(22)9-20-7-8-21-15(10-20)18-19-16(21)11-5-6-11/h1-4,11,14,22H,5-10H2/t14-/m0/s1. The summed E-state index contributed by atoms with van der Waals surface area (Å²) in [6, 6.07) is 6.40. The number of aliphatic hydroxyl groups excluding tert-OH is 1. The first-order valence-corrected chi connectivity index (χ1v) is 7.79. The highest BCUT2D eigenvalue weighted by Crippen LogP contribution is 2.39. The van der Waals surface area contributed by atoms with E-state index in [0.717, 1.165) is 24.7 Å². The van der Waals surface area contributed by atoms with E-state index in [9.17, 15) is 9.50 Å². The van der Waals surface area contributed by atoms with Crippen LogP contribution in [0.2, 0.25) is 0 Å². The van der Waals surface area contributed by atoms with Crippen molar-refractivity contribution in [3.8, 4) is 0 Å². The van der Waals surface area contributed by atoms with Gasteiger partial charge in [0, 0.05) is 31.1 Å². The van der Waals surface area contributed by atoms with Crippen LogP contribution in [-0.4, -0.2) is 37.9 Å². The van der Waals surface area contributed by atoms with Crippen molar-refractivity contribution in [1.29, 1.82) is 0 Å². The predicted molar refractivity (Wildman–Crippen MR) is 78.6 cm³/mol. The van der Waals surface area contributed by atoms with E-state index < -0.39 is 6.10 Å². The van der Waals surface area contributed by atoms with Gasteiger partial charge in [-0.3, -0.25) is 4.90 Å². The smallest absolute Gasteiger partial charge is 0.147 e. The van der Waals surface area contributed by atoms with E-state index in [1.165, 1.54) is 18.9 Å². The van der Waals surface area contributed by atoms with Crippen molar-refractivity contribution in [3.05, 3.63) is 47.3 Å². The number of rotatable bonds is 4. The number of nitrogens with zero attached hydrogens (tertiary/aromatic N) is 4. The van der Waals surface area contributed by atoms with Crippen LogP contribution in [0.15, 0.2) is 24.3 Å². The molecule has 1 atom stereocenters. The number of hydrogen-bond acceptors (Lipinski definition) is 4. The third-order valence-corrected chi connectivity index (χ3v) is 4.50. The summed E-state index contributed by atoms with van der Waals surface area (Å²) >= 11 is 0. The van der Waals surface area contributed by atoms with E-state index in [1.807, 2.05) is 0 Å². The molecule has 0 amide bonds. The Hall–Kier alpha value is -1.79. The third-order valence-electron chi connectivity index (χ3n) is 4.50. The van der Waals surface area contributed by atoms with Crippen LogP contribution in [0.4, 0.5) is 4.39 Å². The molecule has 0 unspecified atom stereocenters. The second kappa shape index (κ2) is 5.44. The Morgan fingerprint density at radius 3 is 2.82 bits per heavy atom. The first kappa shape index (κ1) is 13.8. The molecule has 116 valence electrons. The molecule has 2 aromatic rings. The maximum absolute atomic E-state index is 13.7. The summed E-state index contributed by atoms with van der Waals surface area (Å²) in [4.78, 5) is 2.11. The van der Waals surface area contributed by atoms with Crippen molar-refractivity contribution >= 4 is 0 Å². The molecule has 1 aliphatic heterocycles. The minimum atomic E-state index is -0.821. The first-order valence-electron chi connectivity index (χ1n) is 7.79. The maximum Gasteiger partial charge on any atom is 0.147 e. The van der Waals surface area contributed by atoms with Crippen LogP contribution in [0.1, 0.15) is 42.1 Å². The van der Waals surface area contributed by atoms with Crippen LogP contribution < -0.4 is 0 Å². The number of benzene rings is 1. The number of aromatic nitrogens is 3. The van der Waals surface area contributed by atoms with Crippen molar-refractivity contribution in [3.63, 3.8) is 0 Å². The van der Waals surface area contributed by atoms with Crippen molar-refractivity contribution in [1.82, 2.24) is 19.7 Å². The minimum Gasteiger partial charge on any atom is -0.387 e. The lowest BCUT2D eigenvalue weighted by molar-refractivity contribution is 0.0934. The molecule has 1 aromatic heterocycles. The molecule has 1 aliphatic carbocycles. The van der Waals surface area contributed by atoms with Gasteiger partial charge in [0.15, 0.2) is 0 Å². The molecule has 1 aromatic carbocycles. The molecule has 0 spiro atoms.